The number of aromatic nitrogens is 1. The molecule has 4 rings (SSSR count). The third-order valence-corrected chi connectivity index (χ3v) is 6.00. The van der Waals surface area contributed by atoms with Gasteiger partial charge in [-0.15, -0.1) is 16.7 Å². The molecule has 9 heteroatoms. The first kappa shape index (κ1) is 19.9. The minimum Gasteiger partial charge on any atom is -0.457 e. The largest absolute Gasteiger partial charge is 0.457 e. The van der Waals surface area contributed by atoms with Gasteiger partial charge in [0.15, 0.2) is 0 Å². The molecule has 0 saturated carbocycles. The Morgan fingerprint density at radius 2 is 2.10 bits per heavy atom. The van der Waals surface area contributed by atoms with Gasteiger partial charge in [0.05, 0.1) is 18.0 Å². The predicted molar refractivity (Wildman–Crippen MR) is 116 cm³/mol. The number of carbonyl (C=O) groups is 1. The van der Waals surface area contributed by atoms with Crippen LogP contribution in [0.4, 0.5) is 5.69 Å². The molecule has 0 bridgehead atoms. The SMILES string of the molecule is N#CC1CSCN1C(=O)C(N)Cc1c[nH]c2ccc(Oc3ccc(N=O)cc3)cc12. The molecule has 2 aromatic carbocycles. The molecule has 0 aliphatic carbocycles. The fourth-order valence-corrected chi connectivity index (χ4v) is 4.49. The van der Waals surface area contributed by atoms with E-state index >= 15 is 0 Å². The number of benzene rings is 2. The molecular formula is C21H19N5O3S. The molecule has 3 aromatic rings. The maximum atomic E-state index is 12.7. The molecule has 1 saturated heterocycles. The Labute approximate surface area is 177 Å². The van der Waals surface area contributed by atoms with Crippen LogP contribution in [0.5, 0.6) is 11.5 Å². The lowest BCUT2D eigenvalue weighted by molar-refractivity contribution is -0.132. The summed E-state index contributed by atoms with van der Waals surface area (Å²) in [5.74, 6) is 2.11. The highest BCUT2D eigenvalue weighted by Crippen LogP contribution is 2.29. The normalized spacial score (nSPS) is 16.9. The monoisotopic (exact) mass is 421 g/mol. The topological polar surface area (TPSA) is 125 Å². The van der Waals surface area contributed by atoms with Crippen LogP contribution >= 0.6 is 11.8 Å². The quantitative estimate of drug-likeness (QED) is 0.585. The van der Waals surface area contributed by atoms with E-state index in [9.17, 15) is 15.0 Å². The highest BCUT2D eigenvalue weighted by molar-refractivity contribution is 7.99. The number of nitrogens with two attached hydrogens (primary N) is 1. The van der Waals surface area contributed by atoms with Crippen molar-refractivity contribution in [2.45, 2.75) is 18.5 Å². The van der Waals surface area contributed by atoms with Crippen LogP contribution in [0.2, 0.25) is 0 Å². The Bertz CT molecular complexity index is 1120. The van der Waals surface area contributed by atoms with Crippen molar-refractivity contribution in [1.29, 1.82) is 5.26 Å². The minimum atomic E-state index is -0.730. The van der Waals surface area contributed by atoms with Gasteiger partial charge in [-0.25, -0.2) is 0 Å². The molecule has 0 radical (unpaired) electrons. The highest BCUT2D eigenvalue weighted by atomic mass is 32.2. The lowest BCUT2D eigenvalue weighted by Crippen LogP contribution is -2.47. The number of rotatable bonds is 6. The van der Waals surface area contributed by atoms with Crippen molar-refractivity contribution in [3.8, 4) is 17.6 Å². The van der Waals surface area contributed by atoms with Crippen LogP contribution in [-0.4, -0.2) is 39.5 Å². The third kappa shape index (κ3) is 4.01. The molecule has 1 fully saturated rings. The zero-order chi connectivity index (χ0) is 21.1. The number of hydrogen-bond donors (Lipinski definition) is 2. The number of nitriles is 1. The number of amides is 1. The third-order valence-electron chi connectivity index (χ3n) is 4.99. The summed E-state index contributed by atoms with van der Waals surface area (Å²) < 4.78 is 5.87. The number of nitrogens with zero attached hydrogens (tertiary/aromatic N) is 3. The van der Waals surface area contributed by atoms with Gasteiger partial charge in [-0.2, -0.15) is 5.26 Å². The van der Waals surface area contributed by atoms with Crippen molar-refractivity contribution in [2.75, 3.05) is 11.6 Å². The number of ether oxygens (including phenoxy) is 1. The predicted octanol–water partition coefficient (Wildman–Crippen LogP) is 3.65. The van der Waals surface area contributed by atoms with Gasteiger partial charge in [0.2, 0.25) is 5.91 Å². The summed E-state index contributed by atoms with van der Waals surface area (Å²) in [5.41, 5.74) is 8.34. The average Bonchev–Trinajstić information content (AvgIpc) is 3.40. The van der Waals surface area contributed by atoms with Gasteiger partial charge in [-0.05, 0) is 59.6 Å². The van der Waals surface area contributed by atoms with Crippen LogP contribution in [0.25, 0.3) is 10.9 Å². The Kier molecular flexibility index (Phi) is 5.70. The zero-order valence-electron chi connectivity index (χ0n) is 15.9. The summed E-state index contributed by atoms with van der Waals surface area (Å²) in [7, 11) is 0. The van der Waals surface area contributed by atoms with E-state index in [-0.39, 0.29) is 5.91 Å². The van der Waals surface area contributed by atoms with Gasteiger partial charge in [-0.3, -0.25) is 4.79 Å². The van der Waals surface area contributed by atoms with Crippen LogP contribution in [-0.2, 0) is 11.2 Å². The number of nitrogens with one attached hydrogen (secondary N) is 1. The Morgan fingerprint density at radius 1 is 1.33 bits per heavy atom. The lowest BCUT2D eigenvalue weighted by Gasteiger charge is -2.22. The molecule has 2 unspecified atom stereocenters. The summed E-state index contributed by atoms with van der Waals surface area (Å²) in [6, 6.07) is 13.1. The first-order valence-electron chi connectivity index (χ1n) is 9.34. The van der Waals surface area contributed by atoms with Gasteiger partial charge in [0.25, 0.3) is 0 Å². The zero-order valence-corrected chi connectivity index (χ0v) is 16.8. The standard InChI is InChI=1S/C21H19N5O3S/c22-9-15-11-30-12-26(15)21(27)19(23)7-13-10-24-20-6-5-17(8-18(13)20)29-16-3-1-14(25-28)2-4-16/h1-6,8,10,15,19,24H,7,11-12,23H2. The van der Waals surface area contributed by atoms with E-state index in [0.29, 0.717) is 35.2 Å². The molecule has 1 amide bonds. The first-order valence-corrected chi connectivity index (χ1v) is 10.5. The summed E-state index contributed by atoms with van der Waals surface area (Å²) in [5, 5.41) is 13.0. The van der Waals surface area contributed by atoms with Gasteiger partial charge in [0.1, 0.15) is 23.2 Å². The molecule has 1 aliphatic heterocycles. The summed E-state index contributed by atoms with van der Waals surface area (Å²) in [6.45, 7) is 0. The van der Waals surface area contributed by atoms with Gasteiger partial charge in [-0.1, -0.05) is 0 Å². The van der Waals surface area contributed by atoms with Gasteiger partial charge >= 0.3 is 0 Å². The van der Waals surface area contributed by atoms with Crippen LogP contribution in [0.15, 0.2) is 53.8 Å². The fraction of sp³-hybridized carbons (Fsp3) is 0.238. The van der Waals surface area contributed by atoms with Crippen molar-refractivity contribution in [3.05, 3.63) is 59.1 Å². The first-order chi connectivity index (χ1) is 14.6. The van der Waals surface area contributed by atoms with Crippen LogP contribution in [0, 0.1) is 16.2 Å². The van der Waals surface area contributed by atoms with Crippen molar-refractivity contribution in [2.24, 2.45) is 10.9 Å². The van der Waals surface area contributed by atoms with Crippen LogP contribution in [0.3, 0.4) is 0 Å². The van der Waals surface area contributed by atoms with E-state index in [2.05, 4.69) is 16.2 Å². The van der Waals surface area contributed by atoms with E-state index in [4.69, 9.17) is 10.5 Å². The molecule has 2 heterocycles. The molecule has 0 spiro atoms. The second kappa shape index (κ2) is 8.57. The molecular weight excluding hydrogens is 402 g/mol. The van der Waals surface area contributed by atoms with E-state index in [1.54, 1.807) is 40.9 Å². The molecule has 1 aromatic heterocycles. The maximum Gasteiger partial charge on any atom is 0.241 e. The minimum absolute atomic E-state index is 0.211. The molecule has 8 nitrogen and oxygen atoms in total. The highest BCUT2D eigenvalue weighted by Gasteiger charge is 2.32. The van der Waals surface area contributed by atoms with E-state index in [1.807, 2.05) is 24.4 Å². The Morgan fingerprint density at radius 3 is 2.83 bits per heavy atom. The molecule has 1 aliphatic rings. The van der Waals surface area contributed by atoms with Crippen LogP contribution < -0.4 is 10.5 Å². The fourth-order valence-electron chi connectivity index (χ4n) is 3.41. The molecule has 152 valence electrons. The van der Waals surface area contributed by atoms with E-state index < -0.39 is 12.1 Å². The number of nitroso groups, excluding NO2 is 1. The Hall–Kier alpha value is -3.35. The van der Waals surface area contributed by atoms with Crippen molar-refractivity contribution in [1.82, 2.24) is 9.88 Å². The smallest absolute Gasteiger partial charge is 0.241 e. The van der Waals surface area contributed by atoms with Crippen molar-refractivity contribution in [3.63, 3.8) is 0 Å². The van der Waals surface area contributed by atoms with Crippen molar-refractivity contribution < 1.29 is 9.53 Å². The summed E-state index contributed by atoms with van der Waals surface area (Å²) >= 11 is 1.56. The average molecular weight is 421 g/mol. The van der Waals surface area contributed by atoms with Crippen LogP contribution in [0.1, 0.15) is 5.56 Å². The van der Waals surface area contributed by atoms with Crippen molar-refractivity contribution >= 4 is 34.3 Å². The maximum absolute atomic E-state index is 12.7. The number of H-pyrrole nitrogens is 1. The second-order valence-electron chi connectivity index (χ2n) is 6.97. The van der Waals surface area contributed by atoms with E-state index in [0.717, 1.165) is 16.5 Å². The number of fused-ring (bicyclic) bond motifs is 1. The van der Waals surface area contributed by atoms with E-state index in [1.165, 1.54) is 0 Å². The number of hydrogen-bond acceptors (Lipinski definition) is 7. The Balaban J connectivity index is 1.51. The summed E-state index contributed by atoms with van der Waals surface area (Å²) in [6.07, 6.45) is 2.19. The molecule has 3 N–H and O–H groups in total. The number of thioether (sulfide) groups is 1. The lowest BCUT2D eigenvalue weighted by atomic mass is 10.0. The van der Waals surface area contributed by atoms with Gasteiger partial charge < -0.3 is 20.4 Å². The number of aromatic amines is 1. The van der Waals surface area contributed by atoms with Gasteiger partial charge in [0, 0.05) is 22.9 Å². The molecule has 30 heavy (non-hydrogen) atoms. The number of carbonyl (C=O) groups excluding carboxylic acids is 1. The summed E-state index contributed by atoms with van der Waals surface area (Å²) in [4.78, 5) is 28.0. The second-order valence-corrected chi connectivity index (χ2v) is 7.97. The molecule has 2 atom stereocenters.